The number of carboxylic acid groups (broad SMARTS) is 1. The molecular formula is C2H3O6P2Pd. The molecule has 0 aromatic rings. The minimum absolute atomic E-state index is 0.972. The zero-order chi connectivity index (χ0) is 9.44. The van der Waals surface area contributed by atoms with Crippen molar-refractivity contribution in [3.8, 4) is 0 Å². The second kappa shape index (κ2) is 8.03. The summed E-state index contributed by atoms with van der Waals surface area (Å²) in [6.07, 6.45) is 0. The number of rotatable bonds is 2. The molecule has 0 saturated carbocycles. The Hall–Kier alpha value is -0.0677. The number of aliphatic carboxylic acids is 1. The number of hydrogen-bond donors (Lipinski definition) is 0. The molecule has 9 heteroatoms. The third kappa shape index (κ3) is 40.4. The summed E-state index contributed by atoms with van der Waals surface area (Å²) in [6, 6.07) is 0. The molecule has 0 aliphatic carbocycles. The zero-order valence-electron chi connectivity index (χ0n) is 5.16. The standard InChI is InChI=1S/C2H4O2.2O2P.Pd/c1-2(3)4;2*1-3-2;/h1H3,(H,3,4);;;/q;;;+1/p-1. The average molecular weight is 291 g/mol. The Bertz CT molecular complexity index is 211. The predicted molar refractivity (Wildman–Crippen MR) is 27.3 cm³/mol. The van der Waals surface area contributed by atoms with Gasteiger partial charge in [-0.25, -0.2) is 0 Å². The Morgan fingerprint density at radius 1 is 1.18 bits per heavy atom. The van der Waals surface area contributed by atoms with E-state index in [-0.39, 0.29) is 0 Å². The molecule has 0 heterocycles. The van der Waals surface area contributed by atoms with Crippen molar-refractivity contribution >= 4 is 17.7 Å². The van der Waals surface area contributed by atoms with Crippen LogP contribution >= 0.6 is 11.7 Å². The SMILES string of the molecule is CC(=O)[O-].O=[P](=O)[Pd+][P](=O)=O. The van der Waals surface area contributed by atoms with E-state index in [2.05, 4.69) is 0 Å². The molecule has 0 rings (SSSR count). The van der Waals surface area contributed by atoms with Gasteiger partial charge in [0.05, 0.1) is 0 Å². The number of hydrogen-bond acceptors (Lipinski definition) is 6. The fourth-order valence-electron chi connectivity index (χ4n) is 0.0422. The third-order valence-electron chi connectivity index (χ3n) is 0.103. The summed E-state index contributed by atoms with van der Waals surface area (Å²) in [5.74, 6) is -6.46. The van der Waals surface area contributed by atoms with Gasteiger partial charge in [0.25, 0.3) is 0 Å². The first kappa shape index (κ1) is 13.5. The van der Waals surface area contributed by atoms with E-state index in [4.69, 9.17) is 9.90 Å². The van der Waals surface area contributed by atoms with Crippen LogP contribution in [0.3, 0.4) is 0 Å². The summed E-state index contributed by atoms with van der Waals surface area (Å²) in [4.78, 5) is 8.89. The van der Waals surface area contributed by atoms with Crippen molar-refractivity contribution in [3.63, 3.8) is 0 Å². The first-order valence-corrected chi connectivity index (χ1v) is 8.12. The van der Waals surface area contributed by atoms with Gasteiger partial charge in [-0.2, -0.15) is 0 Å². The summed E-state index contributed by atoms with van der Waals surface area (Å²) in [5.41, 5.74) is 0. The predicted octanol–water partition coefficient (Wildman–Crippen LogP) is 0.000900. The van der Waals surface area contributed by atoms with E-state index in [1.54, 1.807) is 0 Å². The van der Waals surface area contributed by atoms with E-state index in [1.807, 2.05) is 0 Å². The summed E-state index contributed by atoms with van der Waals surface area (Å²) < 4.78 is 37.9. The Morgan fingerprint density at radius 2 is 1.36 bits per heavy atom. The van der Waals surface area contributed by atoms with Crippen molar-refractivity contribution in [3.05, 3.63) is 0 Å². The molecule has 0 aromatic heterocycles. The van der Waals surface area contributed by atoms with Crippen LogP contribution in [0.15, 0.2) is 0 Å². The van der Waals surface area contributed by atoms with Crippen molar-refractivity contribution in [2.75, 3.05) is 0 Å². The summed E-state index contributed by atoms with van der Waals surface area (Å²) in [6.45, 7) is 0.972. The normalized spacial score (nSPS) is 7.73. The Labute approximate surface area is 70.1 Å². The quantitative estimate of drug-likeness (QED) is 0.523. The summed E-state index contributed by atoms with van der Waals surface area (Å²) in [7, 11) is 0. The van der Waals surface area contributed by atoms with Crippen molar-refractivity contribution in [2.45, 2.75) is 6.92 Å². The average Bonchev–Trinajstić information content (AvgIpc) is 1.56. The van der Waals surface area contributed by atoms with Gasteiger partial charge < -0.3 is 9.90 Å². The van der Waals surface area contributed by atoms with Crippen LogP contribution in [0.2, 0.25) is 0 Å². The monoisotopic (exact) mass is 291 g/mol. The van der Waals surface area contributed by atoms with Crippen LogP contribution in [-0.2, 0) is 40.0 Å². The van der Waals surface area contributed by atoms with Gasteiger partial charge in [0.2, 0.25) is 0 Å². The molecule has 0 amide bonds. The first-order valence-electron chi connectivity index (χ1n) is 1.92. The van der Waals surface area contributed by atoms with E-state index >= 15 is 0 Å². The molecule has 0 saturated heterocycles. The molecule has 6 nitrogen and oxygen atoms in total. The fourth-order valence-corrected chi connectivity index (χ4v) is 2.24. The first-order chi connectivity index (χ1) is 4.86. The number of carbonyl (C=O) groups excluding carboxylic acids is 1. The van der Waals surface area contributed by atoms with Crippen LogP contribution < -0.4 is 5.11 Å². The van der Waals surface area contributed by atoms with Gasteiger partial charge in [-0.1, -0.05) is 0 Å². The van der Waals surface area contributed by atoms with Gasteiger partial charge in [0.1, 0.15) is 0 Å². The van der Waals surface area contributed by atoms with E-state index in [1.165, 1.54) is 0 Å². The van der Waals surface area contributed by atoms with Crippen molar-refractivity contribution in [1.29, 1.82) is 0 Å². The molecule has 0 fully saturated rings. The van der Waals surface area contributed by atoms with Crippen LogP contribution in [0.5, 0.6) is 0 Å². The maximum atomic E-state index is 9.49. The van der Waals surface area contributed by atoms with Crippen molar-refractivity contribution < 1.29 is 45.1 Å². The van der Waals surface area contributed by atoms with Crippen LogP contribution in [0, 0.1) is 0 Å². The minimum atomic E-state index is -2.69. The second-order valence-corrected chi connectivity index (χ2v) is 8.41. The van der Waals surface area contributed by atoms with Gasteiger partial charge in [0.15, 0.2) is 0 Å². The Morgan fingerprint density at radius 3 is 1.36 bits per heavy atom. The van der Waals surface area contributed by atoms with Crippen LogP contribution in [0.4, 0.5) is 0 Å². The van der Waals surface area contributed by atoms with Gasteiger partial charge >= 0.3 is 47.0 Å². The molecule has 0 radical (unpaired) electrons. The number of carbonyl (C=O) groups is 1. The van der Waals surface area contributed by atoms with E-state index in [9.17, 15) is 18.3 Å². The second-order valence-electron chi connectivity index (χ2n) is 0.935. The molecule has 0 aliphatic rings. The van der Waals surface area contributed by atoms with E-state index in [0.29, 0.717) is 0 Å². The van der Waals surface area contributed by atoms with Gasteiger partial charge in [0, 0.05) is 5.97 Å². The van der Waals surface area contributed by atoms with Crippen LogP contribution in [0.25, 0.3) is 0 Å². The zero-order valence-corrected chi connectivity index (χ0v) is 8.50. The molecule has 11 heavy (non-hydrogen) atoms. The number of carboxylic acids is 1. The maximum absolute atomic E-state index is 9.49. The summed E-state index contributed by atoms with van der Waals surface area (Å²) >= 11 is -1.12. The molecule has 0 aliphatic heterocycles. The topological polar surface area (TPSA) is 108 Å². The van der Waals surface area contributed by atoms with Gasteiger partial charge in [-0.15, -0.1) is 0 Å². The van der Waals surface area contributed by atoms with Crippen molar-refractivity contribution in [1.82, 2.24) is 0 Å². The van der Waals surface area contributed by atoms with Gasteiger partial charge in [-0.3, -0.25) is 0 Å². The molecule has 67 valence electrons. The molecular weight excluding hydrogens is 288 g/mol. The fraction of sp³-hybridized carbons (Fsp3) is 0.500. The van der Waals surface area contributed by atoms with Crippen LogP contribution in [-0.4, -0.2) is 5.97 Å². The molecule has 0 aromatic carbocycles. The third-order valence-corrected chi connectivity index (χ3v) is 5.50. The van der Waals surface area contributed by atoms with E-state index < -0.39 is 34.7 Å². The Balaban J connectivity index is 0. The molecule has 0 N–H and O–H groups in total. The Kier molecular flexibility index (Phi) is 9.87. The summed E-state index contributed by atoms with van der Waals surface area (Å²) in [5, 5.41) is 8.89. The molecule has 0 spiro atoms. The van der Waals surface area contributed by atoms with Gasteiger partial charge in [-0.05, 0) is 6.92 Å². The molecule has 0 atom stereocenters. The van der Waals surface area contributed by atoms with Crippen molar-refractivity contribution in [2.24, 2.45) is 0 Å². The van der Waals surface area contributed by atoms with Crippen LogP contribution in [0.1, 0.15) is 6.92 Å². The van der Waals surface area contributed by atoms with E-state index in [0.717, 1.165) is 6.92 Å². The molecule has 0 unspecified atom stereocenters. The molecule has 0 bridgehead atoms.